The van der Waals surface area contributed by atoms with Gasteiger partial charge in [-0.1, -0.05) is 30.7 Å². The SMILES string of the molecule is CC1C=CC=C(C(N)=O)C(NC(=O)c2ccncc2)=C1Cl. The molecule has 0 saturated heterocycles. The van der Waals surface area contributed by atoms with Gasteiger partial charge >= 0.3 is 0 Å². The molecule has 1 atom stereocenters. The molecule has 6 heteroatoms. The van der Waals surface area contributed by atoms with E-state index < -0.39 is 5.91 Å². The van der Waals surface area contributed by atoms with Gasteiger partial charge in [-0.15, -0.1) is 0 Å². The topological polar surface area (TPSA) is 85.1 Å². The van der Waals surface area contributed by atoms with Gasteiger partial charge in [0.1, 0.15) is 0 Å². The van der Waals surface area contributed by atoms with Crippen molar-refractivity contribution in [3.05, 3.63) is 64.6 Å². The van der Waals surface area contributed by atoms with Crippen molar-refractivity contribution in [3.63, 3.8) is 0 Å². The Hall–Kier alpha value is -2.40. The molecule has 1 aliphatic carbocycles. The highest BCUT2D eigenvalue weighted by Crippen LogP contribution is 2.27. The van der Waals surface area contributed by atoms with Crippen LogP contribution in [0.15, 0.2) is 59.1 Å². The third-order valence-corrected chi connectivity index (χ3v) is 3.55. The molecule has 1 aromatic heterocycles. The zero-order chi connectivity index (χ0) is 15.4. The number of amides is 2. The maximum absolute atomic E-state index is 12.2. The smallest absolute Gasteiger partial charge is 0.255 e. The van der Waals surface area contributed by atoms with Crippen molar-refractivity contribution in [2.45, 2.75) is 6.92 Å². The molecule has 3 N–H and O–H groups in total. The summed E-state index contributed by atoms with van der Waals surface area (Å²) in [7, 11) is 0. The normalized spacial score (nSPS) is 18.0. The minimum absolute atomic E-state index is 0.132. The van der Waals surface area contributed by atoms with Crippen molar-refractivity contribution in [1.29, 1.82) is 0 Å². The first-order chi connectivity index (χ1) is 10.0. The van der Waals surface area contributed by atoms with Crippen LogP contribution in [0, 0.1) is 5.92 Å². The zero-order valence-electron chi connectivity index (χ0n) is 11.3. The number of nitrogens with one attached hydrogen (secondary N) is 1. The lowest BCUT2D eigenvalue weighted by atomic mass is 10.1. The van der Waals surface area contributed by atoms with Crippen molar-refractivity contribution in [3.8, 4) is 0 Å². The monoisotopic (exact) mass is 303 g/mol. The molecule has 1 unspecified atom stereocenters. The van der Waals surface area contributed by atoms with Crippen LogP contribution in [0.5, 0.6) is 0 Å². The van der Waals surface area contributed by atoms with Gasteiger partial charge in [0.25, 0.3) is 11.8 Å². The number of rotatable bonds is 3. The molecule has 0 radical (unpaired) electrons. The lowest BCUT2D eigenvalue weighted by Crippen LogP contribution is -2.29. The molecule has 1 aromatic rings. The van der Waals surface area contributed by atoms with Gasteiger partial charge < -0.3 is 11.1 Å². The maximum Gasteiger partial charge on any atom is 0.255 e. The Morgan fingerprint density at radius 2 is 2.00 bits per heavy atom. The molecular formula is C15H14ClN3O2. The van der Waals surface area contributed by atoms with Crippen LogP contribution < -0.4 is 11.1 Å². The van der Waals surface area contributed by atoms with E-state index in [2.05, 4.69) is 10.3 Å². The molecule has 21 heavy (non-hydrogen) atoms. The Kier molecular flexibility index (Phi) is 4.55. The highest BCUT2D eigenvalue weighted by Gasteiger charge is 2.22. The van der Waals surface area contributed by atoms with E-state index in [4.69, 9.17) is 17.3 Å². The molecule has 1 aliphatic rings. The van der Waals surface area contributed by atoms with Crippen molar-refractivity contribution in [1.82, 2.24) is 10.3 Å². The van der Waals surface area contributed by atoms with Gasteiger partial charge in [-0.25, -0.2) is 0 Å². The summed E-state index contributed by atoms with van der Waals surface area (Å²) in [6.07, 6.45) is 8.06. The summed E-state index contributed by atoms with van der Waals surface area (Å²) < 4.78 is 0. The quantitative estimate of drug-likeness (QED) is 0.894. The summed E-state index contributed by atoms with van der Waals surface area (Å²) in [4.78, 5) is 27.6. The van der Waals surface area contributed by atoms with Crippen molar-refractivity contribution < 1.29 is 9.59 Å². The number of hydrogen-bond acceptors (Lipinski definition) is 3. The minimum Gasteiger partial charge on any atom is -0.366 e. The summed E-state index contributed by atoms with van der Waals surface area (Å²) in [5, 5.41) is 3.02. The molecule has 1 heterocycles. The Balaban J connectivity index is 2.37. The summed E-state index contributed by atoms with van der Waals surface area (Å²) in [6, 6.07) is 3.13. The molecule has 5 nitrogen and oxygen atoms in total. The fourth-order valence-corrected chi connectivity index (χ4v) is 2.09. The van der Waals surface area contributed by atoms with Gasteiger partial charge in [-0.05, 0) is 18.2 Å². The molecular weight excluding hydrogens is 290 g/mol. The number of nitrogens with zero attached hydrogens (tertiary/aromatic N) is 1. The fourth-order valence-electron chi connectivity index (χ4n) is 1.86. The summed E-state index contributed by atoms with van der Waals surface area (Å²) >= 11 is 6.26. The Labute approximate surface area is 127 Å². The number of aromatic nitrogens is 1. The van der Waals surface area contributed by atoms with E-state index in [1.165, 1.54) is 18.5 Å². The van der Waals surface area contributed by atoms with Gasteiger partial charge in [-0.2, -0.15) is 0 Å². The second kappa shape index (κ2) is 6.37. The van der Waals surface area contributed by atoms with Crippen LogP contribution in [-0.4, -0.2) is 16.8 Å². The van der Waals surface area contributed by atoms with Crippen molar-refractivity contribution >= 4 is 23.4 Å². The molecule has 0 bridgehead atoms. The van der Waals surface area contributed by atoms with Gasteiger partial charge in [0.2, 0.25) is 0 Å². The highest BCUT2D eigenvalue weighted by atomic mass is 35.5. The molecule has 0 fully saturated rings. The van der Waals surface area contributed by atoms with E-state index in [9.17, 15) is 9.59 Å². The fraction of sp³-hybridized carbons (Fsp3) is 0.133. The number of hydrogen-bond donors (Lipinski definition) is 2. The number of primary amides is 1. The van der Waals surface area contributed by atoms with Crippen LogP contribution in [0.4, 0.5) is 0 Å². The van der Waals surface area contributed by atoms with Crippen LogP contribution in [-0.2, 0) is 4.79 Å². The molecule has 2 rings (SSSR count). The number of halogens is 1. The largest absolute Gasteiger partial charge is 0.366 e. The molecule has 2 amide bonds. The number of allylic oxidation sites excluding steroid dienone is 4. The molecule has 0 spiro atoms. The predicted molar refractivity (Wildman–Crippen MR) is 80.2 cm³/mol. The molecule has 0 aliphatic heterocycles. The first-order valence-electron chi connectivity index (χ1n) is 6.30. The maximum atomic E-state index is 12.2. The second-order valence-corrected chi connectivity index (χ2v) is 4.94. The Morgan fingerprint density at radius 1 is 1.33 bits per heavy atom. The van der Waals surface area contributed by atoms with Gasteiger partial charge in [0, 0.05) is 28.9 Å². The van der Waals surface area contributed by atoms with Crippen LogP contribution in [0.1, 0.15) is 17.3 Å². The third kappa shape index (κ3) is 3.38. The van der Waals surface area contributed by atoms with E-state index in [0.717, 1.165) is 0 Å². The molecule has 108 valence electrons. The van der Waals surface area contributed by atoms with Crippen LogP contribution in [0.25, 0.3) is 0 Å². The van der Waals surface area contributed by atoms with Gasteiger partial charge in [0.15, 0.2) is 0 Å². The van der Waals surface area contributed by atoms with Crippen LogP contribution in [0.2, 0.25) is 0 Å². The Morgan fingerprint density at radius 3 is 2.62 bits per heavy atom. The second-order valence-electron chi connectivity index (χ2n) is 4.53. The van der Waals surface area contributed by atoms with E-state index >= 15 is 0 Å². The number of carbonyl (C=O) groups excluding carboxylic acids is 2. The van der Waals surface area contributed by atoms with Crippen LogP contribution in [0.3, 0.4) is 0 Å². The Bertz CT molecular complexity index is 663. The van der Waals surface area contributed by atoms with Crippen molar-refractivity contribution in [2.24, 2.45) is 11.7 Å². The number of carbonyl (C=O) groups is 2. The average molecular weight is 304 g/mol. The summed E-state index contributed by atoms with van der Waals surface area (Å²) in [5.74, 6) is -1.17. The number of pyridine rings is 1. The lowest BCUT2D eigenvalue weighted by Gasteiger charge is -2.14. The van der Waals surface area contributed by atoms with E-state index in [1.807, 2.05) is 13.0 Å². The van der Waals surface area contributed by atoms with E-state index in [-0.39, 0.29) is 23.1 Å². The van der Waals surface area contributed by atoms with Crippen LogP contribution >= 0.6 is 11.6 Å². The zero-order valence-corrected chi connectivity index (χ0v) is 12.1. The number of nitrogens with two attached hydrogens (primary N) is 1. The minimum atomic E-state index is -0.656. The molecule has 0 aromatic carbocycles. The standard InChI is InChI=1S/C15H14ClN3O2/c1-9-3-2-4-11(14(17)20)13(12(9)16)19-15(21)10-5-7-18-8-6-10/h2-9H,1H3,(H2,17,20)(H,19,21). The summed E-state index contributed by atoms with van der Waals surface area (Å²) in [6.45, 7) is 1.86. The third-order valence-electron chi connectivity index (χ3n) is 3.02. The van der Waals surface area contributed by atoms with Gasteiger partial charge in [-0.3, -0.25) is 14.6 Å². The van der Waals surface area contributed by atoms with Gasteiger partial charge in [0.05, 0.1) is 11.3 Å². The van der Waals surface area contributed by atoms with Crippen molar-refractivity contribution in [2.75, 3.05) is 0 Å². The van der Waals surface area contributed by atoms with E-state index in [1.54, 1.807) is 18.2 Å². The summed E-state index contributed by atoms with van der Waals surface area (Å²) in [5.41, 5.74) is 6.18. The average Bonchev–Trinajstić information content (AvgIpc) is 2.61. The highest BCUT2D eigenvalue weighted by molar-refractivity contribution is 6.31. The first kappa shape index (κ1) is 15.0. The molecule has 0 saturated carbocycles. The first-order valence-corrected chi connectivity index (χ1v) is 6.68. The predicted octanol–water partition coefficient (Wildman–Crippen LogP) is 1.88. The van der Waals surface area contributed by atoms with E-state index in [0.29, 0.717) is 10.6 Å². The lowest BCUT2D eigenvalue weighted by molar-refractivity contribution is -0.114.